The molecule has 1 atom stereocenters. The van der Waals surface area contributed by atoms with Crippen molar-refractivity contribution in [2.45, 2.75) is 25.8 Å². The van der Waals surface area contributed by atoms with Gasteiger partial charge in [0.1, 0.15) is 0 Å². The summed E-state index contributed by atoms with van der Waals surface area (Å²) in [5, 5.41) is 3.30. The number of nitrogens with zero attached hydrogens (tertiary/aromatic N) is 1. The Morgan fingerprint density at radius 3 is 2.69 bits per heavy atom. The monoisotopic (exact) mass is 248 g/mol. The average Bonchev–Trinajstić information content (AvgIpc) is 2.30. The van der Waals surface area contributed by atoms with Crippen molar-refractivity contribution in [3.8, 4) is 0 Å². The van der Waals surface area contributed by atoms with E-state index < -0.39 is 0 Å². The van der Waals surface area contributed by atoms with Crippen molar-refractivity contribution in [2.24, 2.45) is 5.92 Å². The molecule has 0 aliphatic carbocycles. The van der Waals surface area contributed by atoms with E-state index in [-0.39, 0.29) is 18.3 Å². The topological polar surface area (TPSA) is 41.6 Å². The molecule has 0 radical (unpaired) electrons. The predicted molar refractivity (Wildman–Crippen MR) is 64.8 cm³/mol. The van der Waals surface area contributed by atoms with Crippen LogP contribution < -0.4 is 5.32 Å². The molecule has 1 N–H and O–H groups in total. The molecule has 1 amide bonds. The molecular weight excluding hydrogens is 228 g/mol. The van der Waals surface area contributed by atoms with Crippen LogP contribution in [0.3, 0.4) is 0 Å². The van der Waals surface area contributed by atoms with Gasteiger partial charge in [-0.1, -0.05) is 0 Å². The number of halogens is 1. The molecule has 2 aliphatic heterocycles. The summed E-state index contributed by atoms with van der Waals surface area (Å²) in [5.74, 6) is 0.548. The molecule has 2 rings (SSSR count). The first-order valence-electron chi connectivity index (χ1n) is 5.88. The maximum Gasteiger partial charge on any atom is 0.226 e. The lowest BCUT2D eigenvalue weighted by molar-refractivity contribution is -0.141. The molecule has 2 fully saturated rings. The van der Waals surface area contributed by atoms with Gasteiger partial charge in [0.05, 0.1) is 0 Å². The number of carbonyl (C=O) groups is 1. The van der Waals surface area contributed by atoms with Gasteiger partial charge in [-0.05, 0) is 19.8 Å². The lowest BCUT2D eigenvalue weighted by Gasteiger charge is -2.37. The van der Waals surface area contributed by atoms with Gasteiger partial charge in [-0.25, -0.2) is 0 Å². The maximum atomic E-state index is 12.2. The van der Waals surface area contributed by atoms with E-state index in [1.54, 1.807) is 0 Å². The van der Waals surface area contributed by atoms with Crippen molar-refractivity contribution in [3.05, 3.63) is 0 Å². The summed E-state index contributed by atoms with van der Waals surface area (Å²) in [4.78, 5) is 14.2. The Kier molecular flexibility index (Phi) is 5.52. The molecule has 0 saturated carbocycles. The molecule has 0 unspecified atom stereocenters. The zero-order chi connectivity index (χ0) is 10.7. The second kappa shape index (κ2) is 6.42. The lowest BCUT2D eigenvalue weighted by atomic mass is 9.97. The van der Waals surface area contributed by atoms with E-state index in [1.165, 1.54) is 0 Å². The van der Waals surface area contributed by atoms with Crippen LogP contribution in [0.25, 0.3) is 0 Å². The molecule has 2 aliphatic rings. The van der Waals surface area contributed by atoms with Crippen LogP contribution in [0.4, 0.5) is 0 Å². The Bertz CT molecular complexity index is 232. The summed E-state index contributed by atoms with van der Waals surface area (Å²) >= 11 is 0. The van der Waals surface area contributed by atoms with Crippen LogP contribution in [-0.4, -0.2) is 49.7 Å². The second-order valence-corrected chi connectivity index (χ2v) is 4.47. The molecule has 2 saturated heterocycles. The van der Waals surface area contributed by atoms with Crippen LogP contribution in [0, 0.1) is 5.92 Å². The number of hydrogen-bond donors (Lipinski definition) is 1. The minimum Gasteiger partial charge on any atom is -0.381 e. The Labute approximate surface area is 103 Å². The normalized spacial score (nSPS) is 27.3. The van der Waals surface area contributed by atoms with Crippen LogP contribution >= 0.6 is 12.4 Å². The summed E-state index contributed by atoms with van der Waals surface area (Å²) in [6.45, 7) is 6.32. The highest BCUT2D eigenvalue weighted by Gasteiger charge is 2.30. The Hall–Kier alpha value is -0.320. The fourth-order valence-corrected chi connectivity index (χ4v) is 2.35. The molecule has 16 heavy (non-hydrogen) atoms. The highest BCUT2D eigenvalue weighted by molar-refractivity contribution is 5.85. The van der Waals surface area contributed by atoms with E-state index in [1.807, 2.05) is 4.90 Å². The number of hydrogen-bond acceptors (Lipinski definition) is 3. The van der Waals surface area contributed by atoms with Crippen molar-refractivity contribution in [2.75, 3.05) is 32.8 Å². The summed E-state index contributed by atoms with van der Waals surface area (Å²) in [6, 6.07) is 0.342. The summed E-state index contributed by atoms with van der Waals surface area (Å²) in [7, 11) is 0. The SMILES string of the molecule is C[C@H]1CNCCN1C(=O)C1CCOCC1.Cl. The first-order chi connectivity index (χ1) is 7.29. The highest BCUT2D eigenvalue weighted by atomic mass is 35.5. The van der Waals surface area contributed by atoms with Crippen LogP contribution in [0.1, 0.15) is 19.8 Å². The molecule has 94 valence electrons. The Morgan fingerprint density at radius 2 is 2.06 bits per heavy atom. The van der Waals surface area contributed by atoms with Gasteiger partial charge in [0.2, 0.25) is 5.91 Å². The second-order valence-electron chi connectivity index (χ2n) is 4.47. The van der Waals surface area contributed by atoms with Crippen molar-refractivity contribution < 1.29 is 9.53 Å². The lowest BCUT2D eigenvalue weighted by Crippen LogP contribution is -2.54. The van der Waals surface area contributed by atoms with Gasteiger partial charge in [-0.2, -0.15) is 0 Å². The molecule has 0 aromatic heterocycles. The van der Waals surface area contributed by atoms with E-state index in [0.717, 1.165) is 45.7 Å². The number of nitrogens with one attached hydrogen (secondary N) is 1. The largest absolute Gasteiger partial charge is 0.381 e. The van der Waals surface area contributed by atoms with Gasteiger partial charge < -0.3 is 15.0 Å². The summed E-state index contributed by atoms with van der Waals surface area (Å²) < 4.78 is 5.28. The summed E-state index contributed by atoms with van der Waals surface area (Å²) in [6.07, 6.45) is 1.80. The Morgan fingerprint density at radius 1 is 1.38 bits per heavy atom. The van der Waals surface area contributed by atoms with Gasteiger partial charge in [0.15, 0.2) is 0 Å². The molecule has 5 heteroatoms. The zero-order valence-electron chi connectivity index (χ0n) is 9.78. The molecule has 0 aromatic rings. The van der Waals surface area contributed by atoms with E-state index >= 15 is 0 Å². The van der Waals surface area contributed by atoms with Gasteiger partial charge in [0, 0.05) is 44.8 Å². The third-order valence-electron chi connectivity index (χ3n) is 3.35. The summed E-state index contributed by atoms with van der Waals surface area (Å²) in [5.41, 5.74) is 0. The van der Waals surface area contributed by atoms with Crippen LogP contribution in [0.15, 0.2) is 0 Å². The minimum absolute atomic E-state index is 0. The predicted octanol–water partition coefficient (Wildman–Crippen LogP) is 0.655. The number of carbonyl (C=O) groups excluding carboxylic acids is 1. The van der Waals surface area contributed by atoms with Gasteiger partial charge in [-0.15, -0.1) is 12.4 Å². The van der Waals surface area contributed by atoms with Crippen LogP contribution in [0.2, 0.25) is 0 Å². The quantitative estimate of drug-likeness (QED) is 0.741. The molecular formula is C11H21ClN2O2. The van der Waals surface area contributed by atoms with Crippen molar-refractivity contribution >= 4 is 18.3 Å². The minimum atomic E-state index is 0. The van der Waals surface area contributed by atoms with Crippen molar-refractivity contribution in [1.29, 1.82) is 0 Å². The number of rotatable bonds is 1. The van der Waals surface area contributed by atoms with Crippen LogP contribution in [0.5, 0.6) is 0 Å². The first-order valence-corrected chi connectivity index (χ1v) is 5.88. The molecule has 2 heterocycles. The van der Waals surface area contributed by atoms with Crippen LogP contribution in [-0.2, 0) is 9.53 Å². The Balaban J connectivity index is 0.00000128. The highest BCUT2D eigenvalue weighted by Crippen LogP contribution is 2.19. The molecule has 0 spiro atoms. The zero-order valence-corrected chi connectivity index (χ0v) is 10.6. The average molecular weight is 249 g/mol. The van der Waals surface area contributed by atoms with E-state index in [0.29, 0.717) is 11.9 Å². The molecule has 4 nitrogen and oxygen atoms in total. The van der Waals surface area contributed by atoms with E-state index in [9.17, 15) is 4.79 Å². The third-order valence-corrected chi connectivity index (χ3v) is 3.35. The molecule has 0 bridgehead atoms. The number of piperazine rings is 1. The smallest absolute Gasteiger partial charge is 0.226 e. The van der Waals surface area contributed by atoms with Gasteiger partial charge >= 0.3 is 0 Å². The first kappa shape index (κ1) is 13.7. The third kappa shape index (κ3) is 3.09. The van der Waals surface area contributed by atoms with E-state index in [4.69, 9.17) is 4.74 Å². The molecule has 0 aromatic carbocycles. The number of amides is 1. The number of ether oxygens (including phenoxy) is 1. The van der Waals surface area contributed by atoms with Crippen molar-refractivity contribution in [3.63, 3.8) is 0 Å². The van der Waals surface area contributed by atoms with Gasteiger partial charge in [0.25, 0.3) is 0 Å². The van der Waals surface area contributed by atoms with E-state index in [2.05, 4.69) is 12.2 Å². The maximum absolute atomic E-state index is 12.2. The van der Waals surface area contributed by atoms with Gasteiger partial charge in [-0.3, -0.25) is 4.79 Å². The fraction of sp³-hybridized carbons (Fsp3) is 0.909. The standard InChI is InChI=1S/C11H20N2O2.ClH/c1-9-8-12-4-5-13(9)11(14)10-2-6-15-7-3-10;/h9-10,12H,2-8H2,1H3;1H/t9-;/m0./s1. The van der Waals surface area contributed by atoms with Crippen molar-refractivity contribution in [1.82, 2.24) is 10.2 Å². The fourth-order valence-electron chi connectivity index (χ4n) is 2.35.